The number of phenols is 1. The summed E-state index contributed by atoms with van der Waals surface area (Å²) in [4.78, 5) is 27.4. The number of ether oxygens (including phenoxy) is 2. The minimum Gasteiger partial charge on any atom is -0.506 e. The molecule has 11 nitrogen and oxygen atoms in total. The number of phenolic OH excluding ortho intramolecular Hbond substituents is 1. The van der Waals surface area contributed by atoms with E-state index in [1.165, 1.54) is 88.0 Å². The minimum absolute atomic E-state index is 0.0683. The van der Waals surface area contributed by atoms with E-state index >= 15 is 0 Å². The zero-order chi connectivity index (χ0) is 33.2. The van der Waals surface area contributed by atoms with Crippen molar-refractivity contribution in [3.63, 3.8) is 0 Å². The molecule has 0 aliphatic carbocycles. The van der Waals surface area contributed by atoms with E-state index in [0.717, 1.165) is 25.3 Å². The summed E-state index contributed by atoms with van der Waals surface area (Å²) in [7, 11) is -1.43. The summed E-state index contributed by atoms with van der Waals surface area (Å²) in [6.45, 7) is 3.10. The Balaban J connectivity index is 2.12. The molecule has 0 saturated heterocycles. The first kappa shape index (κ1) is 38.3. The summed E-state index contributed by atoms with van der Waals surface area (Å²) in [5, 5.41) is 21.3. The second kappa shape index (κ2) is 20.3. The number of hydrogen-bond acceptors (Lipinski definition) is 8. The molecule has 2 amide bonds. The monoisotopic (exact) mass is 669 g/mol. The molecule has 0 aromatic heterocycles. The topological polar surface area (TPSA) is 146 Å². The number of amides is 2. The van der Waals surface area contributed by atoms with Gasteiger partial charge in [0.05, 0.1) is 35.1 Å². The van der Waals surface area contributed by atoms with E-state index in [0.29, 0.717) is 11.5 Å². The molecule has 0 radical (unpaired) electrons. The lowest BCUT2D eigenvalue weighted by molar-refractivity contribution is -0.0591. The van der Waals surface area contributed by atoms with E-state index in [9.17, 15) is 28.3 Å². The number of nitrogens with zero attached hydrogens (tertiary/aromatic N) is 2. The number of unbranched alkanes of at least 4 members (excludes halogenated alkanes) is 9. The van der Waals surface area contributed by atoms with Crippen LogP contribution in [0.5, 0.6) is 5.75 Å². The zero-order valence-electron chi connectivity index (χ0n) is 26.6. The van der Waals surface area contributed by atoms with E-state index in [1.54, 1.807) is 0 Å². The number of halogens is 1. The van der Waals surface area contributed by atoms with Gasteiger partial charge in [-0.3, -0.25) is 19.5 Å². The van der Waals surface area contributed by atoms with E-state index in [1.807, 2.05) is 0 Å². The molecule has 2 aromatic rings. The second-order valence-electron chi connectivity index (χ2n) is 10.8. The molecule has 0 heterocycles. The Bertz CT molecular complexity index is 1320. The lowest BCUT2D eigenvalue weighted by Gasteiger charge is -2.23. The van der Waals surface area contributed by atoms with Crippen molar-refractivity contribution in [3.05, 3.63) is 52.5 Å². The second-order valence-corrected chi connectivity index (χ2v) is 12.9. The molecule has 2 aromatic carbocycles. The van der Waals surface area contributed by atoms with Crippen LogP contribution in [0.2, 0.25) is 5.02 Å². The predicted molar refractivity (Wildman–Crippen MR) is 175 cm³/mol. The molecule has 2 rings (SSSR count). The van der Waals surface area contributed by atoms with Gasteiger partial charge in [0.1, 0.15) is 10.6 Å². The maximum Gasteiger partial charge on any atom is 0.278 e. The number of hydroxylamine groups is 2. The molecule has 252 valence electrons. The van der Waals surface area contributed by atoms with Crippen molar-refractivity contribution in [1.29, 1.82) is 0 Å². The third-order valence-electron chi connectivity index (χ3n) is 7.33. The normalized spacial score (nSPS) is 11.4. The average molecular weight is 670 g/mol. The molecule has 0 atom stereocenters. The highest BCUT2D eigenvalue weighted by Crippen LogP contribution is 2.33. The fraction of sp³-hybridized carbons (Fsp3) is 0.562. The molecule has 0 aliphatic rings. The van der Waals surface area contributed by atoms with E-state index in [-0.39, 0.29) is 59.6 Å². The fourth-order valence-corrected chi connectivity index (χ4v) is 6.25. The van der Waals surface area contributed by atoms with Gasteiger partial charge in [-0.05, 0) is 30.7 Å². The van der Waals surface area contributed by atoms with Crippen LogP contribution in [0.4, 0.5) is 5.69 Å². The van der Waals surface area contributed by atoms with Gasteiger partial charge in [-0.15, -0.1) is 0 Å². The maximum absolute atomic E-state index is 13.5. The summed E-state index contributed by atoms with van der Waals surface area (Å²) in [5.74, 6) is -1.97. The van der Waals surface area contributed by atoms with Gasteiger partial charge in [0.2, 0.25) is 0 Å². The Morgan fingerprint density at radius 2 is 1.38 bits per heavy atom. The number of rotatable bonds is 22. The Labute approximate surface area is 272 Å². The summed E-state index contributed by atoms with van der Waals surface area (Å²) in [6.07, 6.45) is 11.0. The molecule has 0 spiro atoms. The molecular weight excluding hydrogens is 622 g/mol. The summed E-state index contributed by atoms with van der Waals surface area (Å²) < 4.78 is 39.5. The highest BCUT2D eigenvalue weighted by atomic mass is 35.5. The quantitative estimate of drug-likeness (QED) is 0.0570. The molecule has 13 heteroatoms. The number of carbonyl (C=O) groups excluding carboxylic acids is 2. The Kier molecular flexibility index (Phi) is 17.2. The third kappa shape index (κ3) is 12.4. The number of aromatic hydroxyl groups is 1. The number of anilines is 1. The molecular formula is C32H48ClN3O8S. The summed E-state index contributed by atoms with van der Waals surface area (Å²) in [6, 6.07) is 7.85. The SMILES string of the molecule is CCCCCCCCCCCCN(O)C(=O)c1ccccc1S(=O)(=O)Nc1cc(Cl)c(O)c(C(=O)N(CCOC)CCOC)c1. The van der Waals surface area contributed by atoms with Gasteiger partial charge in [0.15, 0.2) is 0 Å². The van der Waals surface area contributed by atoms with Crippen LogP contribution in [-0.4, -0.2) is 87.6 Å². The van der Waals surface area contributed by atoms with Crippen molar-refractivity contribution in [2.75, 3.05) is 51.8 Å². The molecule has 0 fully saturated rings. The minimum atomic E-state index is -4.40. The number of carbonyl (C=O) groups is 2. The molecule has 45 heavy (non-hydrogen) atoms. The third-order valence-corrected chi connectivity index (χ3v) is 9.06. The molecule has 0 aliphatic heterocycles. The number of hydrogen-bond donors (Lipinski definition) is 3. The van der Waals surface area contributed by atoms with Crippen molar-refractivity contribution in [2.45, 2.75) is 76.0 Å². The summed E-state index contributed by atoms with van der Waals surface area (Å²) >= 11 is 6.19. The van der Waals surface area contributed by atoms with Crippen LogP contribution in [-0.2, 0) is 19.5 Å². The Morgan fingerprint density at radius 1 is 0.822 bits per heavy atom. The van der Waals surface area contributed by atoms with Crippen LogP contribution in [0.15, 0.2) is 41.3 Å². The van der Waals surface area contributed by atoms with E-state index in [2.05, 4.69) is 11.6 Å². The van der Waals surface area contributed by atoms with Gasteiger partial charge in [-0.1, -0.05) is 88.4 Å². The number of nitrogens with one attached hydrogen (secondary N) is 1. The van der Waals surface area contributed by atoms with Crippen LogP contribution < -0.4 is 4.72 Å². The van der Waals surface area contributed by atoms with E-state index < -0.39 is 27.6 Å². The first-order valence-corrected chi connectivity index (χ1v) is 17.4. The molecule has 0 saturated carbocycles. The fourth-order valence-electron chi connectivity index (χ4n) is 4.79. The Hall–Kier alpha value is -2.90. The van der Waals surface area contributed by atoms with Gasteiger partial charge in [-0.25, -0.2) is 13.5 Å². The Morgan fingerprint density at radius 3 is 1.96 bits per heavy atom. The van der Waals surface area contributed by atoms with Gasteiger partial charge in [0, 0.05) is 33.9 Å². The van der Waals surface area contributed by atoms with Crippen LogP contribution in [0.1, 0.15) is 91.8 Å². The number of benzene rings is 2. The lowest BCUT2D eigenvalue weighted by atomic mass is 10.1. The zero-order valence-corrected chi connectivity index (χ0v) is 28.2. The largest absolute Gasteiger partial charge is 0.506 e. The highest BCUT2D eigenvalue weighted by Gasteiger charge is 2.27. The number of sulfonamides is 1. The first-order valence-electron chi connectivity index (χ1n) is 15.5. The van der Waals surface area contributed by atoms with Crippen LogP contribution in [0.25, 0.3) is 0 Å². The van der Waals surface area contributed by atoms with Crippen LogP contribution in [0.3, 0.4) is 0 Å². The average Bonchev–Trinajstić information content (AvgIpc) is 3.02. The lowest BCUT2D eigenvalue weighted by Crippen LogP contribution is -2.36. The van der Waals surface area contributed by atoms with Gasteiger partial charge in [0.25, 0.3) is 21.8 Å². The number of methoxy groups -OCH3 is 2. The van der Waals surface area contributed by atoms with Crippen molar-refractivity contribution in [3.8, 4) is 5.75 Å². The summed E-state index contributed by atoms with van der Waals surface area (Å²) in [5.41, 5.74) is -0.547. The highest BCUT2D eigenvalue weighted by molar-refractivity contribution is 7.92. The van der Waals surface area contributed by atoms with E-state index in [4.69, 9.17) is 21.1 Å². The smallest absolute Gasteiger partial charge is 0.278 e. The molecule has 0 bridgehead atoms. The van der Waals surface area contributed by atoms with Crippen molar-refractivity contribution in [1.82, 2.24) is 9.96 Å². The first-order chi connectivity index (χ1) is 21.6. The van der Waals surface area contributed by atoms with Crippen LogP contribution >= 0.6 is 11.6 Å². The maximum atomic E-state index is 13.5. The standard InChI is InChI=1S/C32H48ClN3O8S/c1-4-5-6-7-8-9-10-11-12-15-18-36(40)32(39)26-16-13-14-17-29(26)45(41,42)34-25-23-27(30(37)28(33)24-25)31(38)35(19-21-43-2)20-22-44-3/h13-14,16-17,23-24,34,37,40H,4-12,15,18-22H2,1-3H3. The van der Waals surface area contributed by atoms with Gasteiger partial charge >= 0.3 is 0 Å². The predicted octanol–water partition coefficient (Wildman–Crippen LogP) is 6.33. The van der Waals surface area contributed by atoms with Gasteiger partial charge < -0.3 is 19.5 Å². The van der Waals surface area contributed by atoms with Gasteiger partial charge in [-0.2, -0.15) is 0 Å². The van der Waals surface area contributed by atoms with Crippen molar-refractivity contribution in [2.24, 2.45) is 0 Å². The van der Waals surface area contributed by atoms with Crippen molar-refractivity contribution >= 4 is 39.1 Å². The van der Waals surface area contributed by atoms with Crippen LogP contribution in [0, 0.1) is 0 Å². The van der Waals surface area contributed by atoms with Crippen molar-refractivity contribution < 1.29 is 37.8 Å². The molecule has 0 unspecified atom stereocenters. The molecule has 3 N–H and O–H groups in total.